The van der Waals surface area contributed by atoms with Crippen molar-refractivity contribution in [3.05, 3.63) is 65.7 Å². The van der Waals surface area contributed by atoms with E-state index in [4.69, 9.17) is 4.74 Å². The lowest BCUT2D eigenvalue weighted by atomic mass is 9.64. The van der Waals surface area contributed by atoms with E-state index in [-0.39, 0.29) is 11.3 Å². The van der Waals surface area contributed by atoms with E-state index in [1.54, 1.807) is 13.2 Å². The smallest absolute Gasteiger partial charge is 0.255 e. The lowest BCUT2D eigenvalue weighted by Gasteiger charge is -2.42. The highest BCUT2D eigenvalue weighted by molar-refractivity contribution is 5.96. The zero-order chi connectivity index (χ0) is 15.4. The Balaban J connectivity index is 1.72. The molecule has 0 saturated heterocycles. The van der Waals surface area contributed by atoms with Gasteiger partial charge in [0.1, 0.15) is 5.75 Å². The first-order chi connectivity index (χ1) is 10.7. The van der Waals surface area contributed by atoms with E-state index >= 15 is 0 Å². The standard InChI is InChI=1S/C19H21NO2/c1-22-17-11-6-5-10-16(17)18(21)20-14-19(12-7-13-19)15-8-3-2-4-9-15/h2-6,8-11H,7,12-14H2,1H3,(H,20,21). The topological polar surface area (TPSA) is 38.3 Å². The molecule has 2 aromatic carbocycles. The summed E-state index contributed by atoms with van der Waals surface area (Å²) in [7, 11) is 1.59. The van der Waals surface area contributed by atoms with Crippen LogP contribution in [-0.4, -0.2) is 19.6 Å². The van der Waals surface area contributed by atoms with Crippen molar-refractivity contribution in [1.82, 2.24) is 5.32 Å². The van der Waals surface area contributed by atoms with Crippen LogP contribution in [0.25, 0.3) is 0 Å². The molecule has 0 heterocycles. The second-order valence-electron chi connectivity index (χ2n) is 5.88. The van der Waals surface area contributed by atoms with Crippen molar-refractivity contribution in [3.8, 4) is 5.75 Å². The van der Waals surface area contributed by atoms with Gasteiger partial charge in [0.2, 0.25) is 0 Å². The summed E-state index contributed by atoms with van der Waals surface area (Å²) in [5.74, 6) is 0.544. The van der Waals surface area contributed by atoms with Gasteiger partial charge in [0, 0.05) is 12.0 Å². The Morgan fingerprint density at radius 3 is 2.41 bits per heavy atom. The number of carbonyl (C=O) groups excluding carboxylic acids is 1. The van der Waals surface area contributed by atoms with Crippen LogP contribution in [0.5, 0.6) is 5.75 Å². The predicted molar refractivity (Wildman–Crippen MR) is 87.3 cm³/mol. The number of nitrogens with one attached hydrogen (secondary N) is 1. The molecule has 1 N–H and O–H groups in total. The van der Waals surface area contributed by atoms with E-state index in [9.17, 15) is 4.79 Å². The molecular formula is C19H21NO2. The predicted octanol–water partition coefficient (Wildman–Crippen LogP) is 3.55. The molecule has 0 aliphatic heterocycles. The molecule has 1 aliphatic carbocycles. The summed E-state index contributed by atoms with van der Waals surface area (Å²) in [5, 5.41) is 3.10. The Kier molecular flexibility index (Phi) is 4.14. The minimum absolute atomic E-state index is 0.0698. The number of rotatable bonds is 5. The van der Waals surface area contributed by atoms with E-state index in [1.165, 1.54) is 12.0 Å². The number of hydrogen-bond acceptors (Lipinski definition) is 2. The summed E-state index contributed by atoms with van der Waals surface area (Å²) < 4.78 is 5.26. The summed E-state index contributed by atoms with van der Waals surface area (Å²) in [5.41, 5.74) is 2.01. The van der Waals surface area contributed by atoms with Gasteiger partial charge in [-0.3, -0.25) is 4.79 Å². The Morgan fingerprint density at radius 1 is 1.09 bits per heavy atom. The summed E-state index contributed by atoms with van der Waals surface area (Å²) in [6.45, 7) is 0.674. The molecule has 3 nitrogen and oxygen atoms in total. The Labute approximate surface area is 131 Å². The highest BCUT2D eigenvalue weighted by Gasteiger charge is 2.38. The van der Waals surface area contributed by atoms with Crippen molar-refractivity contribution in [2.24, 2.45) is 0 Å². The first-order valence-corrected chi connectivity index (χ1v) is 7.72. The van der Waals surface area contributed by atoms with Crippen molar-refractivity contribution in [1.29, 1.82) is 0 Å². The molecule has 1 amide bonds. The van der Waals surface area contributed by atoms with Crippen LogP contribution in [0.15, 0.2) is 54.6 Å². The molecule has 3 rings (SSSR count). The zero-order valence-corrected chi connectivity index (χ0v) is 12.8. The number of benzene rings is 2. The number of carbonyl (C=O) groups is 1. The Bertz CT molecular complexity index is 647. The highest BCUT2D eigenvalue weighted by atomic mass is 16.5. The molecule has 0 aromatic heterocycles. The zero-order valence-electron chi connectivity index (χ0n) is 12.8. The molecule has 1 fully saturated rings. The van der Waals surface area contributed by atoms with Crippen molar-refractivity contribution in [2.75, 3.05) is 13.7 Å². The Morgan fingerprint density at radius 2 is 1.77 bits per heavy atom. The van der Waals surface area contributed by atoms with Gasteiger partial charge in [-0.1, -0.05) is 48.9 Å². The summed E-state index contributed by atoms with van der Waals surface area (Å²) in [4.78, 5) is 12.5. The fourth-order valence-corrected chi connectivity index (χ4v) is 3.14. The van der Waals surface area contributed by atoms with Gasteiger partial charge in [-0.15, -0.1) is 0 Å². The van der Waals surface area contributed by atoms with Crippen molar-refractivity contribution < 1.29 is 9.53 Å². The molecule has 3 heteroatoms. The average Bonchev–Trinajstić information content (AvgIpc) is 2.54. The van der Waals surface area contributed by atoms with Crippen LogP contribution in [0.2, 0.25) is 0 Å². The number of amides is 1. The maximum Gasteiger partial charge on any atom is 0.255 e. The second-order valence-corrected chi connectivity index (χ2v) is 5.88. The van der Waals surface area contributed by atoms with Crippen molar-refractivity contribution >= 4 is 5.91 Å². The lowest BCUT2D eigenvalue weighted by molar-refractivity contribution is 0.0925. The van der Waals surface area contributed by atoms with Gasteiger partial charge < -0.3 is 10.1 Å². The van der Waals surface area contributed by atoms with Crippen molar-refractivity contribution in [3.63, 3.8) is 0 Å². The molecule has 0 bridgehead atoms. The van der Waals surface area contributed by atoms with Crippen LogP contribution in [0.4, 0.5) is 0 Å². The molecule has 0 spiro atoms. The average molecular weight is 295 g/mol. The van der Waals surface area contributed by atoms with Gasteiger partial charge >= 0.3 is 0 Å². The molecular weight excluding hydrogens is 274 g/mol. The minimum atomic E-state index is -0.0698. The SMILES string of the molecule is COc1ccccc1C(=O)NCC1(c2ccccc2)CCC1. The molecule has 0 atom stereocenters. The first kappa shape index (κ1) is 14.6. The highest BCUT2D eigenvalue weighted by Crippen LogP contribution is 2.43. The molecule has 2 aromatic rings. The summed E-state index contributed by atoms with van der Waals surface area (Å²) in [6.07, 6.45) is 3.48. The fraction of sp³-hybridized carbons (Fsp3) is 0.316. The van der Waals surface area contributed by atoms with Crippen LogP contribution >= 0.6 is 0 Å². The molecule has 0 unspecified atom stereocenters. The van der Waals surface area contributed by atoms with Gasteiger partial charge in [0.15, 0.2) is 0 Å². The summed E-state index contributed by atoms with van der Waals surface area (Å²) >= 11 is 0. The quantitative estimate of drug-likeness (QED) is 0.916. The summed E-state index contributed by atoms with van der Waals surface area (Å²) in [6, 6.07) is 17.8. The number of para-hydroxylation sites is 1. The van der Waals surface area contributed by atoms with Crippen LogP contribution < -0.4 is 10.1 Å². The molecule has 22 heavy (non-hydrogen) atoms. The molecule has 1 aliphatic rings. The third kappa shape index (κ3) is 2.71. The number of hydrogen-bond donors (Lipinski definition) is 1. The molecule has 1 saturated carbocycles. The van der Waals surface area contributed by atoms with Gasteiger partial charge in [0.05, 0.1) is 12.7 Å². The van der Waals surface area contributed by atoms with Crippen LogP contribution in [0.1, 0.15) is 35.2 Å². The third-order valence-electron chi connectivity index (χ3n) is 4.64. The monoisotopic (exact) mass is 295 g/mol. The number of methoxy groups -OCH3 is 1. The second kappa shape index (κ2) is 6.22. The van der Waals surface area contributed by atoms with Gasteiger partial charge in [-0.2, -0.15) is 0 Å². The van der Waals surface area contributed by atoms with Crippen LogP contribution in [-0.2, 0) is 5.41 Å². The van der Waals surface area contributed by atoms with E-state index in [0.717, 1.165) is 12.8 Å². The maximum absolute atomic E-state index is 12.5. The van der Waals surface area contributed by atoms with E-state index < -0.39 is 0 Å². The van der Waals surface area contributed by atoms with Gasteiger partial charge in [-0.05, 0) is 30.5 Å². The van der Waals surface area contributed by atoms with Crippen LogP contribution in [0, 0.1) is 0 Å². The molecule has 114 valence electrons. The van der Waals surface area contributed by atoms with Crippen LogP contribution in [0.3, 0.4) is 0 Å². The van der Waals surface area contributed by atoms with Crippen molar-refractivity contribution in [2.45, 2.75) is 24.7 Å². The largest absolute Gasteiger partial charge is 0.496 e. The first-order valence-electron chi connectivity index (χ1n) is 7.72. The lowest BCUT2D eigenvalue weighted by Crippen LogP contribution is -2.45. The number of ether oxygens (including phenoxy) is 1. The normalized spacial score (nSPS) is 15.7. The third-order valence-corrected chi connectivity index (χ3v) is 4.64. The van der Waals surface area contributed by atoms with E-state index in [1.807, 2.05) is 24.3 Å². The van der Waals surface area contributed by atoms with Gasteiger partial charge in [0.25, 0.3) is 5.91 Å². The fourth-order valence-electron chi connectivity index (χ4n) is 3.14. The van der Waals surface area contributed by atoms with E-state index in [2.05, 4.69) is 29.6 Å². The van der Waals surface area contributed by atoms with E-state index in [0.29, 0.717) is 17.9 Å². The maximum atomic E-state index is 12.5. The minimum Gasteiger partial charge on any atom is -0.496 e. The Hall–Kier alpha value is -2.29. The molecule has 0 radical (unpaired) electrons. The van der Waals surface area contributed by atoms with Gasteiger partial charge in [-0.25, -0.2) is 0 Å².